The maximum Gasteiger partial charge on any atom is 0.192 e. The van der Waals surface area contributed by atoms with Crippen molar-refractivity contribution in [1.29, 1.82) is 0 Å². The van der Waals surface area contributed by atoms with Crippen LogP contribution in [0.15, 0.2) is 0 Å². The molecule has 0 saturated carbocycles. The molecule has 0 radical (unpaired) electrons. The van der Waals surface area contributed by atoms with E-state index in [0.717, 1.165) is 13.2 Å². The highest BCUT2D eigenvalue weighted by atomic mass is 28.4. The first-order chi connectivity index (χ1) is 15.6. The summed E-state index contributed by atoms with van der Waals surface area (Å²) in [6.07, 6.45) is 18.5. The van der Waals surface area contributed by atoms with Crippen molar-refractivity contribution < 1.29 is 8.85 Å². The highest BCUT2D eigenvalue weighted by Crippen LogP contribution is 2.34. The highest BCUT2D eigenvalue weighted by Gasteiger charge is 2.35. The van der Waals surface area contributed by atoms with Gasteiger partial charge in [0, 0.05) is 13.2 Å². The Labute approximate surface area is 206 Å². The van der Waals surface area contributed by atoms with Crippen molar-refractivity contribution in [2.75, 3.05) is 13.2 Å². The largest absolute Gasteiger partial charge is 0.417 e. The van der Waals surface area contributed by atoms with E-state index in [0.29, 0.717) is 0 Å². The minimum Gasteiger partial charge on any atom is -0.417 e. The summed E-state index contributed by atoms with van der Waals surface area (Å²) in [5.74, 6) is 0. The molecule has 0 aliphatic rings. The second kappa shape index (κ2) is 21.9. The zero-order valence-corrected chi connectivity index (χ0v) is 25.4. The minimum absolute atomic E-state index is 1.02. The van der Waals surface area contributed by atoms with E-state index in [1.54, 1.807) is 0 Å². The molecule has 0 N–H and O–H groups in total. The van der Waals surface area contributed by atoms with Crippen LogP contribution in [-0.4, -0.2) is 29.8 Å². The van der Waals surface area contributed by atoms with Crippen LogP contribution in [0, 0.1) is 0 Å². The van der Waals surface area contributed by atoms with Crippen LogP contribution < -0.4 is 0 Å². The van der Waals surface area contributed by atoms with Gasteiger partial charge in [-0.05, 0) is 49.1 Å². The van der Waals surface area contributed by atoms with Gasteiger partial charge in [0.2, 0.25) is 0 Å². The topological polar surface area (TPSA) is 18.5 Å². The quantitative estimate of drug-likeness (QED) is 0.0943. The molecule has 0 spiro atoms. The first-order valence-corrected chi connectivity index (χ1v) is 19.9. The minimum atomic E-state index is -1.58. The molecule has 0 aromatic carbocycles. The highest BCUT2D eigenvalue weighted by molar-refractivity contribution is 6.74. The van der Waals surface area contributed by atoms with E-state index in [1.807, 2.05) is 0 Å². The predicted molar refractivity (Wildman–Crippen MR) is 151 cm³/mol. The molecule has 0 aromatic rings. The normalized spacial score (nSPS) is 12.6. The molecule has 0 aliphatic heterocycles. The van der Waals surface area contributed by atoms with Crippen molar-refractivity contribution in [2.24, 2.45) is 0 Å². The number of rotatable bonds is 25. The average Bonchev–Trinajstić information content (AvgIpc) is 2.81. The molecule has 0 unspecified atom stereocenters. The van der Waals surface area contributed by atoms with Crippen LogP contribution in [0.3, 0.4) is 0 Å². The lowest BCUT2D eigenvalue weighted by molar-refractivity contribution is 0.282. The van der Waals surface area contributed by atoms with Crippen LogP contribution in [0.1, 0.15) is 131 Å². The molecule has 194 valence electrons. The van der Waals surface area contributed by atoms with Gasteiger partial charge in [0.1, 0.15) is 0 Å². The summed E-state index contributed by atoms with van der Waals surface area (Å²) in [4.78, 5) is 0. The standard InChI is InChI=1S/C28H62O2Si2/c1-7-13-21-29-31(23-15-9-3,24-16-10-4)27-19-20-28-32(25-17-11-5,26-18-12-6)30-22-14-8-2/h7-28H2,1-6H3. The van der Waals surface area contributed by atoms with Gasteiger partial charge in [0.25, 0.3) is 0 Å². The van der Waals surface area contributed by atoms with Crippen LogP contribution in [0.4, 0.5) is 0 Å². The second-order valence-electron chi connectivity index (χ2n) is 10.4. The SMILES string of the molecule is CCCCO[Si](CCCC)(CCCC)CCCC[Si](CCCC)(CCCC)OCCCC. The molecule has 0 bridgehead atoms. The maximum atomic E-state index is 6.83. The summed E-state index contributed by atoms with van der Waals surface area (Å²) >= 11 is 0. The molecule has 4 heteroatoms. The van der Waals surface area contributed by atoms with E-state index in [-0.39, 0.29) is 0 Å². The first-order valence-electron chi connectivity index (χ1n) is 14.8. The van der Waals surface area contributed by atoms with Crippen LogP contribution in [0.25, 0.3) is 0 Å². The number of hydrogen-bond acceptors (Lipinski definition) is 2. The van der Waals surface area contributed by atoms with Gasteiger partial charge in [-0.3, -0.25) is 0 Å². The average molecular weight is 487 g/mol. The van der Waals surface area contributed by atoms with Crippen LogP contribution in [0.2, 0.25) is 36.3 Å². The van der Waals surface area contributed by atoms with Gasteiger partial charge in [-0.1, -0.05) is 119 Å². The summed E-state index contributed by atoms with van der Waals surface area (Å²) < 4.78 is 13.7. The van der Waals surface area contributed by atoms with Crippen LogP contribution >= 0.6 is 0 Å². The van der Waals surface area contributed by atoms with Gasteiger partial charge in [-0.25, -0.2) is 0 Å². The third kappa shape index (κ3) is 15.3. The molecule has 0 heterocycles. The van der Waals surface area contributed by atoms with E-state index < -0.39 is 16.6 Å². The third-order valence-corrected chi connectivity index (χ3v) is 16.5. The predicted octanol–water partition coefficient (Wildman–Crippen LogP) is 10.5. The molecule has 0 atom stereocenters. The maximum absolute atomic E-state index is 6.83. The summed E-state index contributed by atoms with van der Waals surface area (Å²) in [7, 11) is -3.16. The molecular weight excluding hydrogens is 424 g/mol. The molecule has 0 fully saturated rings. The lowest BCUT2D eigenvalue weighted by Gasteiger charge is -2.34. The van der Waals surface area contributed by atoms with Crippen molar-refractivity contribution in [2.45, 2.75) is 168 Å². The molecule has 0 amide bonds. The number of unbranched alkanes of at least 4 members (excludes halogenated alkanes) is 7. The molecule has 0 rings (SSSR count). The smallest absolute Gasteiger partial charge is 0.192 e. The van der Waals surface area contributed by atoms with E-state index in [9.17, 15) is 0 Å². The Kier molecular flexibility index (Phi) is 22.1. The van der Waals surface area contributed by atoms with Gasteiger partial charge >= 0.3 is 0 Å². The molecular formula is C28H62O2Si2. The van der Waals surface area contributed by atoms with Crippen LogP contribution in [0.5, 0.6) is 0 Å². The molecule has 0 aliphatic carbocycles. The summed E-state index contributed by atoms with van der Waals surface area (Å²) in [6.45, 7) is 16.0. The number of hydrogen-bond donors (Lipinski definition) is 0. The van der Waals surface area contributed by atoms with Crippen molar-refractivity contribution in [3.8, 4) is 0 Å². The Balaban J connectivity index is 5.10. The molecule has 0 saturated heterocycles. The lowest BCUT2D eigenvalue weighted by atomic mass is 10.4. The van der Waals surface area contributed by atoms with Crippen molar-refractivity contribution in [3.05, 3.63) is 0 Å². The van der Waals surface area contributed by atoms with Gasteiger partial charge < -0.3 is 8.85 Å². The zero-order chi connectivity index (χ0) is 24.0. The second-order valence-corrected chi connectivity index (χ2v) is 18.7. The Hall–Kier alpha value is 0.354. The lowest BCUT2D eigenvalue weighted by Crippen LogP contribution is -2.40. The van der Waals surface area contributed by atoms with Crippen molar-refractivity contribution >= 4 is 16.6 Å². The Morgan fingerprint density at radius 3 is 0.844 bits per heavy atom. The fourth-order valence-corrected chi connectivity index (χ4v) is 14.2. The summed E-state index contributed by atoms with van der Waals surface area (Å²) in [5.41, 5.74) is 0. The van der Waals surface area contributed by atoms with Crippen molar-refractivity contribution in [1.82, 2.24) is 0 Å². The van der Waals surface area contributed by atoms with E-state index in [1.165, 1.54) is 126 Å². The van der Waals surface area contributed by atoms with Gasteiger partial charge in [0.05, 0.1) is 0 Å². The first kappa shape index (κ1) is 32.4. The third-order valence-electron chi connectivity index (χ3n) is 7.27. The van der Waals surface area contributed by atoms with Crippen molar-refractivity contribution in [3.63, 3.8) is 0 Å². The summed E-state index contributed by atoms with van der Waals surface area (Å²) in [5, 5.41) is 0. The Morgan fingerprint density at radius 1 is 0.344 bits per heavy atom. The molecule has 32 heavy (non-hydrogen) atoms. The van der Waals surface area contributed by atoms with Crippen LogP contribution in [-0.2, 0) is 8.85 Å². The summed E-state index contributed by atoms with van der Waals surface area (Å²) in [6, 6.07) is 8.39. The fraction of sp³-hybridized carbons (Fsp3) is 1.00. The molecule has 0 aromatic heterocycles. The fourth-order valence-electron chi connectivity index (χ4n) is 4.94. The van der Waals surface area contributed by atoms with E-state index in [2.05, 4.69) is 41.5 Å². The molecule has 2 nitrogen and oxygen atoms in total. The van der Waals surface area contributed by atoms with Gasteiger partial charge in [-0.15, -0.1) is 0 Å². The van der Waals surface area contributed by atoms with Gasteiger partial charge in [-0.2, -0.15) is 0 Å². The van der Waals surface area contributed by atoms with Gasteiger partial charge in [0.15, 0.2) is 16.6 Å². The monoisotopic (exact) mass is 486 g/mol. The van der Waals surface area contributed by atoms with E-state index in [4.69, 9.17) is 8.85 Å². The Bertz CT molecular complexity index is 338. The van der Waals surface area contributed by atoms with E-state index >= 15 is 0 Å². The zero-order valence-electron chi connectivity index (χ0n) is 23.4. The Morgan fingerprint density at radius 2 is 0.594 bits per heavy atom.